The second-order valence-corrected chi connectivity index (χ2v) is 5.95. The number of amides is 1. The lowest BCUT2D eigenvalue weighted by Gasteiger charge is -2.12. The molecule has 0 saturated heterocycles. The van der Waals surface area contributed by atoms with E-state index in [0.717, 1.165) is 0 Å². The molecule has 0 saturated carbocycles. The van der Waals surface area contributed by atoms with E-state index in [1.807, 2.05) is 0 Å². The molecule has 3 rings (SSSR count). The van der Waals surface area contributed by atoms with E-state index in [0.29, 0.717) is 22.9 Å². The number of nitrogens with one attached hydrogen (secondary N) is 1. The van der Waals surface area contributed by atoms with Gasteiger partial charge in [0.05, 0.1) is 10.8 Å². The number of carbonyl (C=O) groups is 1. The van der Waals surface area contributed by atoms with Gasteiger partial charge in [0.1, 0.15) is 10.5 Å². The average molecular weight is 397 g/mol. The third-order valence-corrected chi connectivity index (χ3v) is 4.55. The Morgan fingerprint density at radius 2 is 2.17 bits per heavy atom. The molecular weight excluding hydrogens is 384 g/mol. The van der Waals surface area contributed by atoms with Crippen LogP contribution in [0.5, 0.6) is 11.5 Å². The predicted molar refractivity (Wildman–Crippen MR) is 87.2 cm³/mol. The van der Waals surface area contributed by atoms with Gasteiger partial charge in [0.25, 0.3) is 5.91 Å². The number of hydrogen-bond acceptors (Lipinski definition) is 6. The summed E-state index contributed by atoms with van der Waals surface area (Å²) >= 11 is 3.13. The molecule has 1 aliphatic heterocycles. The van der Waals surface area contributed by atoms with E-state index < -0.39 is 11.0 Å². The maximum absolute atomic E-state index is 12.4. The summed E-state index contributed by atoms with van der Waals surface area (Å²) in [7, 11) is 0. The Balaban J connectivity index is 1.80. The van der Waals surface area contributed by atoms with E-state index in [-0.39, 0.29) is 23.0 Å². The molecule has 1 aromatic heterocycles. The molecule has 1 aromatic carbocycles. The molecule has 24 heavy (non-hydrogen) atoms. The van der Waals surface area contributed by atoms with Crippen LogP contribution in [0.3, 0.4) is 0 Å². The van der Waals surface area contributed by atoms with Crippen LogP contribution in [0.15, 0.2) is 22.7 Å². The van der Waals surface area contributed by atoms with Crippen molar-refractivity contribution in [1.82, 2.24) is 9.78 Å². The van der Waals surface area contributed by atoms with Crippen molar-refractivity contribution in [3.05, 3.63) is 38.5 Å². The van der Waals surface area contributed by atoms with E-state index in [9.17, 15) is 14.9 Å². The van der Waals surface area contributed by atoms with Gasteiger partial charge in [-0.1, -0.05) is 0 Å². The van der Waals surface area contributed by atoms with Gasteiger partial charge >= 0.3 is 5.82 Å². The zero-order valence-electron chi connectivity index (χ0n) is 12.8. The summed E-state index contributed by atoms with van der Waals surface area (Å²) in [5.41, 5.74) is 1.03. The summed E-state index contributed by atoms with van der Waals surface area (Å²) in [6.07, 6.45) is 0. The van der Waals surface area contributed by atoms with E-state index in [1.165, 1.54) is 4.68 Å². The van der Waals surface area contributed by atoms with Gasteiger partial charge in [-0.25, -0.2) is 0 Å². The monoisotopic (exact) mass is 396 g/mol. The summed E-state index contributed by atoms with van der Waals surface area (Å²) in [5.74, 6) is 0.481. The largest absolute Gasteiger partial charge is 0.454 e. The number of carbonyl (C=O) groups excluding carboxylic acids is 1. The van der Waals surface area contributed by atoms with Crippen molar-refractivity contribution in [1.29, 1.82) is 0 Å². The van der Waals surface area contributed by atoms with Crippen LogP contribution in [0.25, 0.3) is 0 Å². The van der Waals surface area contributed by atoms with Crippen LogP contribution in [-0.2, 0) is 4.79 Å². The van der Waals surface area contributed by atoms with E-state index in [4.69, 9.17) is 9.47 Å². The smallest absolute Gasteiger partial charge is 0.404 e. The van der Waals surface area contributed by atoms with Crippen molar-refractivity contribution in [3.8, 4) is 11.5 Å². The van der Waals surface area contributed by atoms with Crippen LogP contribution < -0.4 is 14.8 Å². The normalized spacial score (nSPS) is 13.6. The maximum Gasteiger partial charge on any atom is 0.404 e. The fourth-order valence-electron chi connectivity index (χ4n) is 2.31. The lowest BCUT2D eigenvalue weighted by molar-refractivity contribution is -0.390. The van der Waals surface area contributed by atoms with Gasteiger partial charge in [0.2, 0.25) is 6.79 Å². The average Bonchev–Trinajstić information content (AvgIpc) is 3.12. The molecule has 0 bridgehead atoms. The van der Waals surface area contributed by atoms with Gasteiger partial charge in [-0.05, 0) is 46.8 Å². The zero-order valence-corrected chi connectivity index (χ0v) is 14.4. The summed E-state index contributed by atoms with van der Waals surface area (Å²) in [5, 5.41) is 17.6. The number of anilines is 1. The molecule has 1 N–H and O–H groups in total. The third kappa shape index (κ3) is 2.80. The number of ether oxygens (including phenoxy) is 2. The van der Waals surface area contributed by atoms with Crippen molar-refractivity contribution in [2.75, 3.05) is 12.1 Å². The summed E-state index contributed by atoms with van der Waals surface area (Å²) in [6, 6.07) is 4.30. The minimum atomic E-state index is -0.736. The van der Waals surface area contributed by atoms with Gasteiger partial charge < -0.3 is 24.9 Å². The molecule has 2 heterocycles. The standard InChI is InChI=1S/C14H13BrN4O5/c1-7-12(15)13(19(21)22)17-18(7)8(2)14(20)16-9-3-4-10-11(5-9)24-6-23-10/h3-5,8H,6H2,1-2H3,(H,16,20)/t8-/m0/s1. The number of rotatable bonds is 4. The first-order valence-corrected chi connectivity index (χ1v) is 7.77. The summed E-state index contributed by atoms with van der Waals surface area (Å²) < 4.78 is 12.0. The highest BCUT2D eigenvalue weighted by atomic mass is 79.9. The molecule has 0 aliphatic carbocycles. The number of aromatic nitrogens is 2. The Hall–Kier alpha value is -2.62. The minimum Gasteiger partial charge on any atom is -0.454 e. The van der Waals surface area contributed by atoms with Crippen molar-refractivity contribution in [2.45, 2.75) is 19.9 Å². The summed E-state index contributed by atoms with van der Waals surface area (Å²) in [6.45, 7) is 3.40. The van der Waals surface area contributed by atoms with Crippen LogP contribution in [0.2, 0.25) is 0 Å². The Morgan fingerprint density at radius 3 is 2.83 bits per heavy atom. The molecule has 0 radical (unpaired) electrons. The number of benzene rings is 1. The fourth-order valence-corrected chi connectivity index (χ4v) is 2.71. The number of nitrogens with zero attached hydrogens (tertiary/aromatic N) is 3. The second kappa shape index (κ2) is 6.11. The maximum atomic E-state index is 12.4. The van der Waals surface area contributed by atoms with Crippen LogP contribution in [0.1, 0.15) is 18.7 Å². The van der Waals surface area contributed by atoms with Gasteiger partial charge in [-0.15, -0.1) is 0 Å². The minimum absolute atomic E-state index is 0.146. The molecule has 0 fully saturated rings. The molecule has 1 aliphatic rings. The lowest BCUT2D eigenvalue weighted by Crippen LogP contribution is -2.25. The van der Waals surface area contributed by atoms with Crippen molar-refractivity contribution in [3.63, 3.8) is 0 Å². The number of fused-ring (bicyclic) bond motifs is 1. The van der Waals surface area contributed by atoms with Crippen LogP contribution >= 0.6 is 15.9 Å². The van der Waals surface area contributed by atoms with Crippen LogP contribution in [0, 0.1) is 17.0 Å². The molecule has 126 valence electrons. The predicted octanol–water partition coefficient (Wildman–Crippen LogP) is 2.79. The number of nitro groups is 1. The van der Waals surface area contributed by atoms with Crippen LogP contribution in [-0.4, -0.2) is 27.4 Å². The molecule has 9 nitrogen and oxygen atoms in total. The Morgan fingerprint density at radius 1 is 1.46 bits per heavy atom. The third-order valence-electron chi connectivity index (χ3n) is 3.62. The quantitative estimate of drug-likeness (QED) is 0.628. The Labute approximate surface area is 144 Å². The SMILES string of the molecule is Cc1c(Br)c([N+](=O)[O-])nn1[C@@H](C)C(=O)Nc1ccc2c(c1)OCO2. The number of halogens is 1. The van der Waals surface area contributed by atoms with Crippen LogP contribution in [0.4, 0.5) is 11.5 Å². The first-order chi connectivity index (χ1) is 11.4. The highest BCUT2D eigenvalue weighted by molar-refractivity contribution is 9.10. The first kappa shape index (κ1) is 16.2. The molecule has 0 unspecified atom stereocenters. The topological polar surface area (TPSA) is 109 Å². The van der Waals surface area contributed by atoms with Crippen molar-refractivity contribution in [2.24, 2.45) is 0 Å². The molecule has 0 spiro atoms. The zero-order chi connectivity index (χ0) is 17.4. The van der Waals surface area contributed by atoms with E-state index >= 15 is 0 Å². The van der Waals surface area contributed by atoms with Gasteiger partial charge in [0, 0.05) is 11.8 Å². The molecule has 2 aromatic rings. The highest BCUT2D eigenvalue weighted by Crippen LogP contribution is 2.34. The second-order valence-electron chi connectivity index (χ2n) is 5.16. The molecule has 1 atom stereocenters. The van der Waals surface area contributed by atoms with E-state index in [2.05, 4.69) is 26.3 Å². The summed E-state index contributed by atoms with van der Waals surface area (Å²) in [4.78, 5) is 22.8. The van der Waals surface area contributed by atoms with Gasteiger partial charge in [-0.3, -0.25) is 4.79 Å². The number of hydrogen-bond donors (Lipinski definition) is 1. The van der Waals surface area contributed by atoms with Crippen molar-refractivity contribution >= 4 is 33.3 Å². The highest BCUT2D eigenvalue weighted by Gasteiger charge is 2.29. The first-order valence-electron chi connectivity index (χ1n) is 6.98. The fraction of sp³-hybridized carbons (Fsp3) is 0.286. The molecular formula is C14H13BrN4O5. The van der Waals surface area contributed by atoms with Gasteiger partial charge in [-0.2, -0.15) is 4.68 Å². The lowest BCUT2D eigenvalue weighted by atomic mass is 10.2. The Kier molecular flexibility index (Phi) is 4.14. The van der Waals surface area contributed by atoms with Crippen molar-refractivity contribution < 1.29 is 19.2 Å². The molecule has 1 amide bonds. The van der Waals surface area contributed by atoms with Gasteiger partial charge in [0.15, 0.2) is 11.5 Å². The Bertz CT molecular complexity index is 835. The van der Waals surface area contributed by atoms with E-state index in [1.54, 1.807) is 32.0 Å². The molecule has 10 heteroatoms.